The second-order valence-corrected chi connectivity index (χ2v) is 8.21. The van der Waals surface area contributed by atoms with Crippen LogP contribution in [0.25, 0.3) is 21.5 Å². The molecule has 0 saturated carbocycles. The van der Waals surface area contributed by atoms with Crippen LogP contribution >= 0.6 is 23.1 Å². The number of hydrogen-bond acceptors (Lipinski definition) is 6. The molecule has 4 rings (SSSR count). The van der Waals surface area contributed by atoms with Crippen molar-refractivity contribution in [2.75, 3.05) is 28.4 Å². The number of H-pyrrole nitrogens is 1. The first kappa shape index (κ1) is 19.5. The van der Waals surface area contributed by atoms with Crippen LogP contribution in [0.3, 0.4) is 0 Å². The summed E-state index contributed by atoms with van der Waals surface area (Å²) in [5.74, 6) is 2.66. The van der Waals surface area contributed by atoms with Crippen LogP contribution in [-0.2, 0) is 0 Å². The predicted octanol–water partition coefficient (Wildman–Crippen LogP) is 6.08. The largest absolute Gasteiger partial charge is 0.497 e. The third-order valence-electron chi connectivity index (χ3n) is 4.58. The van der Waals surface area contributed by atoms with Crippen molar-refractivity contribution < 1.29 is 18.9 Å². The Balaban J connectivity index is 1.88. The van der Waals surface area contributed by atoms with E-state index >= 15 is 0 Å². The van der Waals surface area contributed by atoms with E-state index in [2.05, 4.69) is 28.6 Å². The molecular weight excluding hydrogens is 406 g/mol. The van der Waals surface area contributed by atoms with Gasteiger partial charge < -0.3 is 23.9 Å². The van der Waals surface area contributed by atoms with Crippen molar-refractivity contribution in [1.29, 1.82) is 0 Å². The standard InChI is InChI=1S/C22H21NO4S2/c1-24-13-7-8-16-15(10-13)22(20(23-16)19-6-5-9-28-19)29-14-11-17(25-2)21(27-4)18(12-14)26-3/h5-12,23H,1-4H3. The van der Waals surface area contributed by atoms with Crippen LogP contribution in [0.2, 0.25) is 0 Å². The van der Waals surface area contributed by atoms with Crippen LogP contribution in [0.5, 0.6) is 23.0 Å². The summed E-state index contributed by atoms with van der Waals surface area (Å²) in [6.45, 7) is 0. The lowest BCUT2D eigenvalue weighted by Gasteiger charge is -2.14. The average molecular weight is 428 g/mol. The Morgan fingerprint density at radius 1 is 0.862 bits per heavy atom. The van der Waals surface area contributed by atoms with Crippen molar-refractivity contribution in [1.82, 2.24) is 4.98 Å². The Morgan fingerprint density at radius 3 is 2.21 bits per heavy atom. The molecule has 2 aromatic heterocycles. The van der Waals surface area contributed by atoms with Gasteiger partial charge in [-0.25, -0.2) is 0 Å². The molecule has 0 atom stereocenters. The Morgan fingerprint density at radius 2 is 1.62 bits per heavy atom. The molecule has 0 fully saturated rings. The highest BCUT2D eigenvalue weighted by molar-refractivity contribution is 7.99. The van der Waals surface area contributed by atoms with Crippen LogP contribution in [0.15, 0.2) is 57.6 Å². The minimum absolute atomic E-state index is 0.582. The molecule has 0 aliphatic rings. The van der Waals surface area contributed by atoms with Gasteiger partial charge in [-0.15, -0.1) is 11.3 Å². The summed E-state index contributed by atoms with van der Waals surface area (Å²) in [5.41, 5.74) is 2.14. The molecule has 0 amide bonds. The topological polar surface area (TPSA) is 52.7 Å². The summed E-state index contributed by atoms with van der Waals surface area (Å²) in [6, 6.07) is 14.2. The van der Waals surface area contributed by atoms with E-state index in [0.717, 1.165) is 32.1 Å². The van der Waals surface area contributed by atoms with Gasteiger partial charge in [-0.3, -0.25) is 0 Å². The summed E-state index contributed by atoms with van der Waals surface area (Å²) < 4.78 is 21.9. The number of rotatable bonds is 7. The number of ether oxygens (including phenoxy) is 4. The summed E-state index contributed by atoms with van der Waals surface area (Å²) in [6.07, 6.45) is 0. The van der Waals surface area contributed by atoms with E-state index in [1.807, 2.05) is 24.3 Å². The van der Waals surface area contributed by atoms with E-state index in [1.54, 1.807) is 51.5 Å². The minimum atomic E-state index is 0.582. The predicted molar refractivity (Wildman–Crippen MR) is 118 cm³/mol. The fraction of sp³-hybridized carbons (Fsp3) is 0.182. The zero-order valence-corrected chi connectivity index (χ0v) is 18.2. The molecule has 150 valence electrons. The Labute approximate surface area is 177 Å². The number of fused-ring (bicyclic) bond motifs is 1. The molecule has 0 aliphatic heterocycles. The van der Waals surface area contributed by atoms with Crippen molar-refractivity contribution >= 4 is 34.0 Å². The Kier molecular flexibility index (Phi) is 5.60. The van der Waals surface area contributed by atoms with E-state index in [9.17, 15) is 0 Å². The monoisotopic (exact) mass is 427 g/mol. The first-order chi connectivity index (χ1) is 14.2. The van der Waals surface area contributed by atoms with E-state index in [-0.39, 0.29) is 0 Å². The number of methoxy groups -OCH3 is 4. The van der Waals surface area contributed by atoms with Gasteiger partial charge in [-0.2, -0.15) is 0 Å². The SMILES string of the molecule is COc1ccc2[nH]c(-c3cccs3)c(Sc3cc(OC)c(OC)c(OC)c3)c2c1. The van der Waals surface area contributed by atoms with Gasteiger partial charge >= 0.3 is 0 Å². The van der Waals surface area contributed by atoms with Gasteiger partial charge in [0.05, 0.1) is 39.0 Å². The third kappa shape index (κ3) is 3.63. The van der Waals surface area contributed by atoms with E-state index < -0.39 is 0 Å². The molecular formula is C22H21NO4S2. The van der Waals surface area contributed by atoms with Crippen LogP contribution in [0.1, 0.15) is 0 Å². The molecule has 7 heteroatoms. The molecule has 2 heterocycles. The third-order valence-corrected chi connectivity index (χ3v) is 6.57. The van der Waals surface area contributed by atoms with Crippen LogP contribution < -0.4 is 18.9 Å². The molecule has 4 aromatic rings. The smallest absolute Gasteiger partial charge is 0.203 e. The van der Waals surface area contributed by atoms with Crippen molar-refractivity contribution in [2.24, 2.45) is 0 Å². The number of nitrogens with one attached hydrogen (secondary N) is 1. The van der Waals surface area contributed by atoms with Gasteiger partial charge in [0.1, 0.15) is 5.75 Å². The lowest BCUT2D eigenvalue weighted by Crippen LogP contribution is -1.95. The van der Waals surface area contributed by atoms with Crippen molar-refractivity contribution in [3.8, 4) is 33.6 Å². The second-order valence-electron chi connectivity index (χ2n) is 6.18. The van der Waals surface area contributed by atoms with Gasteiger partial charge in [0, 0.05) is 20.7 Å². The maximum absolute atomic E-state index is 5.52. The minimum Gasteiger partial charge on any atom is -0.497 e. The molecule has 29 heavy (non-hydrogen) atoms. The van der Waals surface area contributed by atoms with E-state index in [1.165, 1.54) is 4.88 Å². The fourth-order valence-electron chi connectivity index (χ4n) is 3.21. The molecule has 1 N–H and O–H groups in total. The van der Waals surface area contributed by atoms with E-state index in [0.29, 0.717) is 17.2 Å². The molecule has 0 unspecified atom stereocenters. The zero-order valence-electron chi connectivity index (χ0n) is 16.6. The molecule has 0 saturated heterocycles. The number of benzene rings is 2. The lowest BCUT2D eigenvalue weighted by molar-refractivity contribution is 0.323. The lowest BCUT2D eigenvalue weighted by atomic mass is 10.2. The molecule has 0 aliphatic carbocycles. The average Bonchev–Trinajstić information content (AvgIpc) is 3.40. The molecule has 2 aromatic carbocycles. The first-order valence-corrected chi connectivity index (χ1v) is 10.6. The number of hydrogen-bond donors (Lipinski definition) is 1. The molecule has 0 spiro atoms. The van der Waals surface area contributed by atoms with Gasteiger partial charge in [0.15, 0.2) is 11.5 Å². The summed E-state index contributed by atoms with van der Waals surface area (Å²) in [4.78, 5) is 6.85. The number of aromatic amines is 1. The van der Waals surface area contributed by atoms with Crippen molar-refractivity contribution in [2.45, 2.75) is 9.79 Å². The first-order valence-electron chi connectivity index (χ1n) is 8.90. The maximum atomic E-state index is 5.52. The van der Waals surface area contributed by atoms with Gasteiger partial charge in [0.2, 0.25) is 5.75 Å². The Bertz CT molecular complexity index is 1110. The Hall–Kier alpha value is -2.77. The second kappa shape index (κ2) is 8.31. The molecule has 0 radical (unpaired) electrons. The molecule has 0 bridgehead atoms. The summed E-state index contributed by atoms with van der Waals surface area (Å²) >= 11 is 3.35. The van der Waals surface area contributed by atoms with E-state index in [4.69, 9.17) is 18.9 Å². The summed E-state index contributed by atoms with van der Waals surface area (Å²) in [7, 11) is 6.53. The van der Waals surface area contributed by atoms with Crippen LogP contribution in [-0.4, -0.2) is 33.4 Å². The highest BCUT2D eigenvalue weighted by atomic mass is 32.2. The maximum Gasteiger partial charge on any atom is 0.203 e. The molecule has 5 nitrogen and oxygen atoms in total. The highest BCUT2D eigenvalue weighted by Crippen LogP contribution is 2.47. The van der Waals surface area contributed by atoms with Gasteiger partial charge in [0.25, 0.3) is 0 Å². The van der Waals surface area contributed by atoms with Crippen LogP contribution in [0.4, 0.5) is 0 Å². The van der Waals surface area contributed by atoms with Gasteiger partial charge in [-0.1, -0.05) is 17.8 Å². The van der Waals surface area contributed by atoms with Crippen LogP contribution in [0, 0.1) is 0 Å². The van der Waals surface area contributed by atoms with Crippen molar-refractivity contribution in [3.63, 3.8) is 0 Å². The number of aromatic nitrogens is 1. The van der Waals surface area contributed by atoms with Gasteiger partial charge in [-0.05, 0) is 41.8 Å². The summed E-state index contributed by atoms with van der Waals surface area (Å²) in [5, 5.41) is 3.18. The fourth-order valence-corrected chi connectivity index (χ4v) is 5.11. The zero-order chi connectivity index (χ0) is 20.4. The van der Waals surface area contributed by atoms with Crippen molar-refractivity contribution in [3.05, 3.63) is 47.8 Å². The normalized spacial score (nSPS) is 10.9. The number of thiophene rings is 1. The highest BCUT2D eigenvalue weighted by Gasteiger charge is 2.19. The quantitative estimate of drug-likeness (QED) is 0.387.